The summed E-state index contributed by atoms with van der Waals surface area (Å²) in [5, 5.41) is 9.70. The lowest BCUT2D eigenvalue weighted by Gasteiger charge is -2.34. The number of aliphatic hydroxyl groups excluding tert-OH is 1. The minimum atomic E-state index is -0.117. The zero-order valence-corrected chi connectivity index (χ0v) is 13.3. The van der Waals surface area contributed by atoms with Crippen molar-refractivity contribution in [2.75, 3.05) is 45.9 Å². The predicted molar refractivity (Wildman–Crippen MR) is 81.9 cm³/mol. The molecular formula is C16H32N2O2. The molecule has 4 heteroatoms. The summed E-state index contributed by atoms with van der Waals surface area (Å²) in [6.45, 7) is 11.9. The molecule has 2 rings (SSSR count). The van der Waals surface area contributed by atoms with Gasteiger partial charge < -0.3 is 19.6 Å². The van der Waals surface area contributed by atoms with Crippen LogP contribution in [0.3, 0.4) is 0 Å². The van der Waals surface area contributed by atoms with Crippen LogP contribution >= 0.6 is 0 Å². The molecule has 0 spiro atoms. The van der Waals surface area contributed by atoms with Crippen LogP contribution in [-0.2, 0) is 4.74 Å². The standard InChI is InChI=1S/C16H32N2O2/c1-3-17-8-5-7-16(12-17)20-13-14(2)10-18-9-4-6-15(19)11-18/h14-16,19H,3-13H2,1-2H3/t14?,15-,16?/m1/s1. The second kappa shape index (κ2) is 8.32. The van der Waals surface area contributed by atoms with Gasteiger partial charge in [0.2, 0.25) is 0 Å². The van der Waals surface area contributed by atoms with E-state index in [-0.39, 0.29) is 6.10 Å². The molecule has 0 saturated carbocycles. The summed E-state index contributed by atoms with van der Waals surface area (Å²) in [6.07, 6.45) is 4.89. The van der Waals surface area contributed by atoms with Crippen LogP contribution in [0.25, 0.3) is 0 Å². The van der Waals surface area contributed by atoms with Crippen LogP contribution in [0.5, 0.6) is 0 Å². The van der Waals surface area contributed by atoms with Gasteiger partial charge >= 0.3 is 0 Å². The van der Waals surface area contributed by atoms with E-state index in [0.717, 1.165) is 52.2 Å². The zero-order chi connectivity index (χ0) is 14.4. The Morgan fingerprint density at radius 1 is 1.15 bits per heavy atom. The van der Waals surface area contributed by atoms with E-state index in [9.17, 15) is 5.11 Å². The Kier molecular flexibility index (Phi) is 6.75. The minimum absolute atomic E-state index is 0.117. The van der Waals surface area contributed by atoms with Crippen LogP contribution in [0.1, 0.15) is 39.5 Å². The lowest BCUT2D eigenvalue weighted by molar-refractivity contribution is -0.0211. The van der Waals surface area contributed by atoms with Gasteiger partial charge in [-0.3, -0.25) is 0 Å². The Labute approximate surface area is 124 Å². The van der Waals surface area contributed by atoms with Gasteiger partial charge in [-0.15, -0.1) is 0 Å². The Balaban J connectivity index is 1.63. The lowest BCUT2D eigenvalue weighted by atomic mass is 10.1. The van der Waals surface area contributed by atoms with Gasteiger partial charge in [-0.05, 0) is 51.2 Å². The van der Waals surface area contributed by atoms with Crippen molar-refractivity contribution in [1.82, 2.24) is 9.80 Å². The molecule has 0 aromatic heterocycles. The molecule has 0 radical (unpaired) electrons. The molecule has 20 heavy (non-hydrogen) atoms. The third-order valence-electron chi connectivity index (χ3n) is 4.58. The van der Waals surface area contributed by atoms with Gasteiger partial charge in [0.25, 0.3) is 0 Å². The number of hydrogen-bond donors (Lipinski definition) is 1. The van der Waals surface area contributed by atoms with E-state index >= 15 is 0 Å². The van der Waals surface area contributed by atoms with Crippen LogP contribution in [-0.4, -0.2) is 73.0 Å². The van der Waals surface area contributed by atoms with Gasteiger partial charge in [0.15, 0.2) is 0 Å². The second-order valence-electron chi connectivity index (χ2n) is 6.65. The van der Waals surface area contributed by atoms with Crippen molar-refractivity contribution in [3.63, 3.8) is 0 Å². The van der Waals surface area contributed by atoms with E-state index in [1.54, 1.807) is 0 Å². The van der Waals surface area contributed by atoms with Crippen molar-refractivity contribution in [1.29, 1.82) is 0 Å². The van der Waals surface area contributed by atoms with E-state index < -0.39 is 0 Å². The third-order valence-corrected chi connectivity index (χ3v) is 4.58. The first-order valence-corrected chi connectivity index (χ1v) is 8.41. The molecule has 4 nitrogen and oxygen atoms in total. The van der Waals surface area contributed by atoms with Gasteiger partial charge in [-0.1, -0.05) is 13.8 Å². The summed E-state index contributed by atoms with van der Waals surface area (Å²) in [5.41, 5.74) is 0. The van der Waals surface area contributed by atoms with E-state index in [0.29, 0.717) is 12.0 Å². The molecule has 0 aliphatic carbocycles. The van der Waals surface area contributed by atoms with E-state index in [2.05, 4.69) is 23.6 Å². The Morgan fingerprint density at radius 3 is 2.65 bits per heavy atom. The molecule has 0 bridgehead atoms. The summed E-state index contributed by atoms with van der Waals surface area (Å²) in [4.78, 5) is 4.88. The molecule has 2 unspecified atom stereocenters. The lowest BCUT2D eigenvalue weighted by Crippen LogP contribution is -2.42. The van der Waals surface area contributed by atoms with Gasteiger partial charge in [-0.25, -0.2) is 0 Å². The number of likely N-dealkylation sites (tertiary alicyclic amines) is 2. The zero-order valence-electron chi connectivity index (χ0n) is 13.3. The van der Waals surface area contributed by atoms with Crippen LogP contribution in [0.4, 0.5) is 0 Å². The van der Waals surface area contributed by atoms with Crippen LogP contribution in [0.2, 0.25) is 0 Å². The molecule has 118 valence electrons. The molecule has 2 aliphatic heterocycles. The summed E-state index contributed by atoms with van der Waals surface area (Å²) >= 11 is 0. The molecule has 2 aliphatic rings. The first-order chi connectivity index (χ1) is 9.67. The Morgan fingerprint density at radius 2 is 1.90 bits per heavy atom. The van der Waals surface area contributed by atoms with Gasteiger partial charge in [-0.2, -0.15) is 0 Å². The number of nitrogens with zero attached hydrogens (tertiary/aromatic N) is 2. The van der Waals surface area contributed by atoms with Crippen molar-refractivity contribution >= 4 is 0 Å². The average molecular weight is 284 g/mol. The van der Waals surface area contributed by atoms with Gasteiger partial charge in [0, 0.05) is 19.6 Å². The predicted octanol–water partition coefficient (Wildman–Crippen LogP) is 1.58. The summed E-state index contributed by atoms with van der Waals surface area (Å²) in [6, 6.07) is 0. The third kappa shape index (κ3) is 5.32. The number of aliphatic hydroxyl groups is 1. The Hall–Kier alpha value is -0.160. The summed E-state index contributed by atoms with van der Waals surface area (Å²) < 4.78 is 6.11. The van der Waals surface area contributed by atoms with Crippen LogP contribution < -0.4 is 0 Å². The van der Waals surface area contributed by atoms with Crippen molar-refractivity contribution < 1.29 is 9.84 Å². The molecule has 2 fully saturated rings. The number of rotatable bonds is 6. The molecule has 2 heterocycles. The molecule has 2 saturated heterocycles. The SMILES string of the molecule is CCN1CCCC(OCC(C)CN2CCC[C@@H](O)C2)C1. The summed E-state index contributed by atoms with van der Waals surface area (Å²) in [7, 11) is 0. The minimum Gasteiger partial charge on any atom is -0.392 e. The number of ether oxygens (including phenoxy) is 1. The molecule has 0 aromatic rings. The molecule has 0 amide bonds. The van der Waals surface area contributed by atoms with Crippen molar-refractivity contribution in [3.05, 3.63) is 0 Å². The number of β-amino-alcohol motifs (C(OH)–C–C–N with tert-alkyl or cyclic N) is 1. The highest BCUT2D eigenvalue weighted by molar-refractivity contribution is 4.75. The first-order valence-electron chi connectivity index (χ1n) is 8.41. The fraction of sp³-hybridized carbons (Fsp3) is 1.00. The normalized spacial score (nSPS) is 31.4. The largest absolute Gasteiger partial charge is 0.392 e. The maximum absolute atomic E-state index is 9.70. The highest BCUT2D eigenvalue weighted by atomic mass is 16.5. The maximum Gasteiger partial charge on any atom is 0.0702 e. The smallest absolute Gasteiger partial charge is 0.0702 e. The molecule has 3 atom stereocenters. The van der Waals surface area contributed by atoms with Crippen molar-refractivity contribution in [2.45, 2.75) is 51.7 Å². The quantitative estimate of drug-likeness (QED) is 0.803. The highest BCUT2D eigenvalue weighted by Crippen LogP contribution is 2.15. The fourth-order valence-electron chi connectivity index (χ4n) is 3.43. The van der Waals surface area contributed by atoms with E-state index in [1.807, 2.05) is 0 Å². The van der Waals surface area contributed by atoms with Crippen LogP contribution in [0, 0.1) is 5.92 Å². The Bertz CT molecular complexity index is 275. The molecular weight excluding hydrogens is 252 g/mol. The van der Waals surface area contributed by atoms with Crippen molar-refractivity contribution in [2.24, 2.45) is 5.92 Å². The van der Waals surface area contributed by atoms with Crippen molar-refractivity contribution in [3.8, 4) is 0 Å². The second-order valence-corrected chi connectivity index (χ2v) is 6.65. The monoisotopic (exact) mass is 284 g/mol. The van der Waals surface area contributed by atoms with Gasteiger partial charge in [0.1, 0.15) is 0 Å². The number of piperidine rings is 2. The van der Waals surface area contributed by atoms with E-state index in [4.69, 9.17) is 4.74 Å². The number of likely N-dealkylation sites (N-methyl/N-ethyl adjacent to an activating group) is 1. The molecule has 0 aromatic carbocycles. The van der Waals surface area contributed by atoms with Crippen LogP contribution in [0.15, 0.2) is 0 Å². The molecule has 1 N–H and O–H groups in total. The highest BCUT2D eigenvalue weighted by Gasteiger charge is 2.22. The van der Waals surface area contributed by atoms with Gasteiger partial charge in [0.05, 0.1) is 18.8 Å². The maximum atomic E-state index is 9.70. The van der Waals surface area contributed by atoms with E-state index in [1.165, 1.54) is 19.4 Å². The first kappa shape index (κ1) is 16.2. The number of hydrogen-bond acceptors (Lipinski definition) is 4. The summed E-state index contributed by atoms with van der Waals surface area (Å²) in [5.74, 6) is 0.553. The topological polar surface area (TPSA) is 35.9 Å². The fourth-order valence-corrected chi connectivity index (χ4v) is 3.43. The average Bonchev–Trinajstić information content (AvgIpc) is 2.45.